The molecule has 0 radical (unpaired) electrons. The first-order valence-corrected chi connectivity index (χ1v) is 14.9. The van der Waals surface area contributed by atoms with Crippen molar-refractivity contribution >= 4 is 30.0 Å². The molecule has 44 heavy (non-hydrogen) atoms. The molecule has 1 heterocycles. The quantitative estimate of drug-likeness (QED) is 0.106. The highest BCUT2D eigenvalue weighted by molar-refractivity contribution is 5.87. The summed E-state index contributed by atoms with van der Waals surface area (Å²) in [6.07, 6.45) is 4.51. The minimum absolute atomic E-state index is 0.00488. The Morgan fingerprint density at radius 2 is 1.64 bits per heavy atom. The van der Waals surface area contributed by atoms with E-state index in [0.717, 1.165) is 11.1 Å². The zero-order valence-corrected chi connectivity index (χ0v) is 26.1. The zero-order chi connectivity index (χ0) is 32.2. The molecule has 3 aliphatic rings. The summed E-state index contributed by atoms with van der Waals surface area (Å²) in [4.78, 5) is 50.3. The van der Waals surface area contributed by atoms with E-state index in [-0.39, 0.29) is 5.92 Å². The molecule has 8 unspecified atom stereocenters. The molecule has 1 aliphatic heterocycles. The first kappa shape index (κ1) is 32.9. The minimum atomic E-state index is -1.25. The summed E-state index contributed by atoms with van der Waals surface area (Å²) in [5.74, 6) is -2.69. The third-order valence-electron chi connectivity index (χ3n) is 9.43. The van der Waals surface area contributed by atoms with Crippen LogP contribution in [0.15, 0.2) is 72.9 Å². The molecule has 1 saturated heterocycles. The Morgan fingerprint density at radius 3 is 2.25 bits per heavy atom. The molecule has 2 fully saturated rings. The van der Waals surface area contributed by atoms with E-state index >= 15 is 0 Å². The van der Waals surface area contributed by atoms with Crippen molar-refractivity contribution in [3.63, 3.8) is 0 Å². The Morgan fingerprint density at radius 1 is 0.977 bits per heavy atom. The second kappa shape index (κ2) is 13.3. The van der Waals surface area contributed by atoms with E-state index in [1.54, 1.807) is 18.2 Å². The van der Waals surface area contributed by atoms with Crippen LogP contribution in [0.4, 0.5) is 0 Å². The lowest BCUT2D eigenvalue weighted by molar-refractivity contribution is -0.257. The van der Waals surface area contributed by atoms with Crippen molar-refractivity contribution in [2.45, 2.75) is 85.1 Å². The maximum atomic E-state index is 13.4. The summed E-state index contributed by atoms with van der Waals surface area (Å²) in [7, 11) is 0. The largest absolute Gasteiger partial charge is 0.458 e. The Balaban J connectivity index is 1.88. The number of rotatable bonds is 10. The highest BCUT2D eigenvalue weighted by Crippen LogP contribution is 2.68. The Bertz CT molecular complexity index is 1360. The highest BCUT2D eigenvalue weighted by Gasteiger charge is 2.72. The van der Waals surface area contributed by atoms with Gasteiger partial charge in [-0.15, -0.1) is 0 Å². The van der Waals surface area contributed by atoms with Crippen molar-refractivity contribution in [2.75, 3.05) is 0 Å². The number of carbonyl (C=O) groups excluding carboxylic acids is 4. The third kappa shape index (κ3) is 6.58. The molecule has 1 spiro atoms. The van der Waals surface area contributed by atoms with E-state index < -0.39 is 65.4 Å². The van der Waals surface area contributed by atoms with Crippen molar-refractivity contribution in [2.24, 2.45) is 22.7 Å². The molecule has 1 saturated carbocycles. The highest BCUT2D eigenvalue weighted by atomic mass is 16.8. The van der Waals surface area contributed by atoms with E-state index in [4.69, 9.17) is 23.7 Å². The standard InChI is InChI=1S/C35H42O9/c1-8-21(2)16-17-34(7)22(3)18-30(43-31(39)15-14-26-12-10-9-11-13-26)35-28(19-27(20-29(34)35)40-23(4)36)32(41-24(5)37)44-33(35)42-25(6)38/h8-15,19,22,27,29-30,32-33H,1-2,16-18,20H2,3-7H3. The van der Waals surface area contributed by atoms with Crippen LogP contribution in [0.1, 0.15) is 65.9 Å². The van der Waals surface area contributed by atoms with Crippen molar-refractivity contribution < 1.29 is 42.9 Å². The van der Waals surface area contributed by atoms with Crippen LogP contribution in [0.3, 0.4) is 0 Å². The molecule has 1 aromatic carbocycles. The van der Waals surface area contributed by atoms with Gasteiger partial charge in [0, 0.05) is 32.4 Å². The Kier molecular flexibility index (Phi) is 9.98. The molecule has 0 N–H and O–H groups in total. The summed E-state index contributed by atoms with van der Waals surface area (Å²) in [5.41, 5.74) is 0.431. The first-order valence-electron chi connectivity index (χ1n) is 14.9. The topological polar surface area (TPSA) is 114 Å². The van der Waals surface area contributed by atoms with Crippen LogP contribution in [0.2, 0.25) is 0 Å². The second-order valence-corrected chi connectivity index (χ2v) is 12.2. The van der Waals surface area contributed by atoms with Gasteiger partial charge in [-0.2, -0.15) is 0 Å². The molecule has 9 heteroatoms. The van der Waals surface area contributed by atoms with Crippen molar-refractivity contribution in [1.82, 2.24) is 0 Å². The average Bonchev–Trinajstić information content (AvgIpc) is 3.25. The van der Waals surface area contributed by atoms with Crippen LogP contribution in [-0.2, 0) is 42.9 Å². The number of benzene rings is 1. The van der Waals surface area contributed by atoms with Crippen LogP contribution in [-0.4, -0.2) is 48.7 Å². The van der Waals surface area contributed by atoms with E-state index in [1.807, 2.05) is 30.3 Å². The van der Waals surface area contributed by atoms with Gasteiger partial charge in [-0.1, -0.05) is 69.0 Å². The monoisotopic (exact) mass is 606 g/mol. The Hall–Kier alpha value is -3.98. The molecule has 4 rings (SSSR count). The van der Waals surface area contributed by atoms with E-state index in [1.165, 1.54) is 26.8 Å². The van der Waals surface area contributed by atoms with Gasteiger partial charge in [0.05, 0.1) is 0 Å². The summed E-state index contributed by atoms with van der Waals surface area (Å²) < 4.78 is 29.7. The fraction of sp³-hybridized carbons (Fsp3) is 0.486. The van der Waals surface area contributed by atoms with Crippen LogP contribution < -0.4 is 0 Å². The number of hydrogen-bond donors (Lipinski definition) is 0. The third-order valence-corrected chi connectivity index (χ3v) is 9.43. The predicted molar refractivity (Wildman–Crippen MR) is 162 cm³/mol. The summed E-state index contributed by atoms with van der Waals surface area (Å²) in [6, 6.07) is 9.35. The van der Waals surface area contributed by atoms with Crippen molar-refractivity contribution in [1.29, 1.82) is 0 Å². The van der Waals surface area contributed by atoms with Crippen molar-refractivity contribution in [3.05, 3.63) is 78.4 Å². The smallest absolute Gasteiger partial charge is 0.331 e. The maximum Gasteiger partial charge on any atom is 0.331 e. The van der Waals surface area contributed by atoms with Crippen LogP contribution in [0, 0.1) is 22.7 Å². The van der Waals surface area contributed by atoms with Crippen LogP contribution in [0.5, 0.6) is 0 Å². The van der Waals surface area contributed by atoms with Gasteiger partial charge in [0.2, 0.25) is 12.6 Å². The number of esters is 4. The van der Waals surface area contributed by atoms with E-state index in [0.29, 0.717) is 31.3 Å². The number of ether oxygens (including phenoxy) is 5. The molecular formula is C35H42O9. The first-order chi connectivity index (χ1) is 20.8. The number of allylic oxidation sites excluding steroid dienone is 2. The number of hydrogen-bond acceptors (Lipinski definition) is 9. The summed E-state index contributed by atoms with van der Waals surface area (Å²) >= 11 is 0. The maximum absolute atomic E-state index is 13.4. The molecule has 236 valence electrons. The molecule has 1 aromatic rings. The van der Waals surface area contributed by atoms with Gasteiger partial charge < -0.3 is 18.9 Å². The lowest BCUT2D eigenvalue weighted by Crippen LogP contribution is -2.64. The fourth-order valence-corrected chi connectivity index (χ4v) is 7.25. The lowest BCUT2D eigenvalue weighted by Gasteiger charge is -2.61. The number of carbonyl (C=O) groups is 4. The normalized spacial score (nSPS) is 32.4. The van der Waals surface area contributed by atoms with Crippen LogP contribution in [0.25, 0.3) is 6.08 Å². The minimum Gasteiger partial charge on any atom is -0.458 e. The van der Waals surface area contributed by atoms with Gasteiger partial charge in [-0.05, 0) is 60.6 Å². The summed E-state index contributed by atoms with van der Waals surface area (Å²) in [6.45, 7) is 16.1. The summed E-state index contributed by atoms with van der Waals surface area (Å²) in [5, 5.41) is 0. The van der Waals surface area contributed by atoms with Gasteiger partial charge in [0.1, 0.15) is 17.6 Å². The average molecular weight is 607 g/mol. The van der Waals surface area contributed by atoms with E-state index in [9.17, 15) is 19.2 Å². The van der Waals surface area contributed by atoms with Crippen LogP contribution >= 0.6 is 0 Å². The molecular weight excluding hydrogens is 564 g/mol. The van der Waals surface area contributed by atoms with E-state index in [2.05, 4.69) is 27.0 Å². The lowest BCUT2D eigenvalue weighted by atomic mass is 9.45. The molecule has 9 nitrogen and oxygen atoms in total. The second-order valence-electron chi connectivity index (χ2n) is 12.2. The molecule has 2 aliphatic carbocycles. The van der Waals surface area contributed by atoms with Crippen molar-refractivity contribution in [3.8, 4) is 0 Å². The molecule has 8 atom stereocenters. The van der Waals surface area contributed by atoms with Gasteiger partial charge in [0.25, 0.3) is 0 Å². The van der Waals surface area contributed by atoms with Gasteiger partial charge in [-0.3, -0.25) is 19.1 Å². The molecule has 0 bridgehead atoms. The van der Waals surface area contributed by atoms with Gasteiger partial charge >= 0.3 is 23.9 Å². The fourth-order valence-electron chi connectivity index (χ4n) is 7.25. The SMILES string of the molecule is C=CC(=C)CCC1(C)C(C)CC(OC(=O)C=Cc2ccccc2)C23C(=CC(OC(C)=O)CC12)C(OC(C)=O)OC3OC(C)=O. The van der Waals surface area contributed by atoms with Gasteiger partial charge in [-0.25, -0.2) is 4.79 Å². The van der Waals surface area contributed by atoms with Gasteiger partial charge in [0.15, 0.2) is 0 Å². The molecule has 0 amide bonds. The molecule has 0 aromatic heterocycles. The Labute approximate surface area is 258 Å². The predicted octanol–water partition coefficient (Wildman–Crippen LogP) is 5.85. The zero-order valence-electron chi connectivity index (χ0n) is 26.1.